The first-order valence-corrected chi connectivity index (χ1v) is 9.14. The van der Waals surface area contributed by atoms with E-state index in [1.165, 1.54) is 42.6 Å². The Bertz CT molecular complexity index is 379. The van der Waals surface area contributed by atoms with E-state index in [1.54, 1.807) is 0 Å². The molecule has 112 valence electrons. The number of rotatable bonds is 6. The van der Waals surface area contributed by atoms with Crippen LogP contribution >= 0.6 is 11.8 Å². The maximum absolute atomic E-state index is 3.71. The summed E-state index contributed by atoms with van der Waals surface area (Å²) >= 11 is 2.15. The second-order valence-electron chi connectivity index (χ2n) is 6.46. The molecular formula is C18H29NS. The number of nitrogens with one attached hydrogen (secondary N) is 1. The molecule has 0 saturated carbocycles. The number of hydrogen-bond acceptors (Lipinski definition) is 2. The Kier molecular flexibility index (Phi) is 6.44. The quantitative estimate of drug-likeness (QED) is 0.806. The minimum Gasteiger partial charge on any atom is -0.309 e. The summed E-state index contributed by atoms with van der Waals surface area (Å²) in [6, 6.07) is 9.64. The molecule has 2 rings (SSSR count). The molecule has 1 N–H and O–H groups in total. The standard InChI is InChI=1S/C18H29NS/c1-14(2)12-16-7-9-17(10-8-16)15(3)19-13-18-6-4-5-11-20-18/h7-10,14-15,18-19H,4-6,11-13H2,1-3H3. The highest BCUT2D eigenvalue weighted by molar-refractivity contribution is 7.99. The van der Waals surface area contributed by atoms with Gasteiger partial charge in [0, 0.05) is 17.8 Å². The number of benzene rings is 1. The van der Waals surface area contributed by atoms with Crippen molar-refractivity contribution in [1.29, 1.82) is 0 Å². The third-order valence-corrected chi connectivity index (χ3v) is 5.45. The lowest BCUT2D eigenvalue weighted by molar-refractivity contribution is 0.538. The second kappa shape index (κ2) is 8.09. The average molecular weight is 292 g/mol. The van der Waals surface area contributed by atoms with Crippen molar-refractivity contribution in [2.24, 2.45) is 5.92 Å². The highest BCUT2D eigenvalue weighted by atomic mass is 32.2. The van der Waals surface area contributed by atoms with Crippen molar-refractivity contribution in [2.75, 3.05) is 12.3 Å². The van der Waals surface area contributed by atoms with Gasteiger partial charge in [-0.05, 0) is 49.0 Å². The van der Waals surface area contributed by atoms with Crippen LogP contribution in [-0.4, -0.2) is 17.5 Å². The van der Waals surface area contributed by atoms with E-state index in [-0.39, 0.29) is 0 Å². The molecule has 1 aliphatic heterocycles. The van der Waals surface area contributed by atoms with Gasteiger partial charge in [0.1, 0.15) is 0 Å². The fourth-order valence-corrected chi connectivity index (χ4v) is 4.06. The lowest BCUT2D eigenvalue weighted by Gasteiger charge is -2.24. The molecule has 20 heavy (non-hydrogen) atoms. The molecule has 1 aromatic carbocycles. The highest BCUT2D eigenvalue weighted by Crippen LogP contribution is 2.25. The van der Waals surface area contributed by atoms with Gasteiger partial charge in [0.15, 0.2) is 0 Å². The smallest absolute Gasteiger partial charge is 0.0292 e. The summed E-state index contributed by atoms with van der Waals surface area (Å²) in [4.78, 5) is 0. The fourth-order valence-electron chi connectivity index (χ4n) is 2.81. The minimum atomic E-state index is 0.464. The first-order chi connectivity index (χ1) is 9.65. The summed E-state index contributed by atoms with van der Waals surface area (Å²) in [7, 11) is 0. The Morgan fingerprint density at radius 1 is 1.15 bits per heavy atom. The van der Waals surface area contributed by atoms with E-state index in [9.17, 15) is 0 Å². The molecular weight excluding hydrogens is 262 g/mol. The monoisotopic (exact) mass is 291 g/mol. The van der Waals surface area contributed by atoms with Gasteiger partial charge in [0.2, 0.25) is 0 Å². The van der Waals surface area contributed by atoms with Crippen LogP contribution in [0.4, 0.5) is 0 Å². The Labute approximate surface area is 128 Å². The molecule has 0 aliphatic carbocycles. The van der Waals surface area contributed by atoms with Crippen LogP contribution in [-0.2, 0) is 6.42 Å². The van der Waals surface area contributed by atoms with Crippen LogP contribution < -0.4 is 5.32 Å². The van der Waals surface area contributed by atoms with Gasteiger partial charge in [-0.15, -0.1) is 0 Å². The maximum atomic E-state index is 3.71. The van der Waals surface area contributed by atoms with E-state index in [4.69, 9.17) is 0 Å². The fraction of sp³-hybridized carbons (Fsp3) is 0.667. The normalized spacial score (nSPS) is 21.1. The molecule has 1 fully saturated rings. The molecule has 2 atom stereocenters. The van der Waals surface area contributed by atoms with E-state index in [1.807, 2.05) is 0 Å². The molecule has 2 heteroatoms. The topological polar surface area (TPSA) is 12.0 Å². The summed E-state index contributed by atoms with van der Waals surface area (Å²) in [5.74, 6) is 2.09. The van der Waals surface area contributed by atoms with Crippen molar-refractivity contribution in [3.8, 4) is 0 Å². The first-order valence-electron chi connectivity index (χ1n) is 8.09. The predicted molar refractivity (Wildman–Crippen MR) is 91.5 cm³/mol. The van der Waals surface area contributed by atoms with Gasteiger partial charge >= 0.3 is 0 Å². The molecule has 1 saturated heterocycles. The lowest BCUT2D eigenvalue weighted by Crippen LogP contribution is -2.29. The van der Waals surface area contributed by atoms with Gasteiger partial charge in [0.05, 0.1) is 0 Å². The molecule has 0 bridgehead atoms. The van der Waals surface area contributed by atoms with Crippen LogP contribution in [0.15, 0.2) is 24.3 Å². The van der Waals surface area contributed by atoms with Gasteiger partial charge < -0.3 is 5.32 Å². The van der Waals surface area contributed by atoms with Crippen molar-refractivity contribution in [3.05, 3.63) is 35.4 Å². The van der Waals surface area contributed by atoms with Crippen molar-refractivity contribution >= 4 is 11.8 Å². The van der Waals surface area contributed by atoms with Gasteiger partial charge in [-0.25, -0.2) is 0 Å². The average Bonchev–Trinajstić information content (AvgIpc) is 2.46. The van der Waals surface area contributed by atoms with Gasteiger partial charge in [0.25, 0.3) is 0 Å². The van der Waals surface area contributed by atoms with Gasteiger partial charge in [-0.3, -0.25) is 0 Å². The van der Waals surface area contributed by atoms with Crippen LogP contribution in [0.5, 0.6) is 0 Å². The van der Waals surface area contributed by atoms with E-state index in [2.05, 4.69) is 62.1 Å². The maximum Gasteiger partial charge on any atom is 0.0292 e. The summed E-state index contributed by atoms with van der Waals surface area (Å²) in [5.41, 5.74) is 2.87. The van der Waals surface area contributed by atoms with Crippen molar-refractivity contribution in [3.63, 3.8) is 0 Å². The molecule has 0 aromatic heterocycles. The van der Waals surface area contributed by atoms with E-state index in [0.717, 1.165) is 17.7 Å². The molecule has 1 aliphatic rings. The van der Waals surface area contributed by atoms with Crippen LogP contribution in [0.1, 0.15) is 57.2 Å². The van der Waals surface area contributed by atoms with Gasteiger partial charge in [-0.2, -0.15) is 11.8 Å². The Morgan fingerprint density at radius 2 is 1.90 bits per heavy atom. The lowest BCUT2D eigenvalue weighted by atomic mass is 10.00. The molecule has 1 heterocycles. The molecule has 1 aromatic rings. The van der Waals surface area contributed by atoms with E-state index in [0.29, 0.717) is 6.04 Å². The zero-order valence-corrected chi connectivity index (χ0v) is 14.0. The van der Waals surface area contributed by atoms with Crippen LogP contribution in [0.25, 0.3) is 0 Å². The summed E-state index contributed by atoms with van der Waals surface area (Å²) in [6.07, 6.45) is 5.39. The zero-order valence-electron chi connectivity index (χ0n) is 13.2. The third kappa shape index (κ3) is 5.14. The molecule has 0 amide bonds. The van der Waals surface area contributed by atoms with Gasteiger partial charge in [-0.1, -0.05) is 44.5 Å². The minimum absolute atomic E-state index is 0.464. The zero-order chi connectivity index (χ0) is 14.4. The predicted octanol–water partition coefficient (Wildman–Crippen LogP) is 4.82. The largest absolute Gasteiger partial charge is 0.309 e. The molecule has 1 nitrogen and oxygen atoms in total. The first kappa shape index (κ1) is 15.9. The summed E-state index contributed by atoms with van der Waals surface area (Å²) in [5, 5.41) is 4.53. The molecule has 0 radical (unpaired) electrons. The van der Waals surface area contributed by atoms with Crippen LogP contribution in [0.3, 0.4) is 0 Å². The summed E-state index contributed by atoms with van der Waals surface area (Å²) < 4.78 is 0. The Hall–Kier alpha value is -0.470. The van der Waals surface area contributed by atoms with Crippen LogP contribution in [0.2, 0.25) is 0 Å². The number of thioether (sulfide) groups is 1. The summed E-state index contributed by atoms with van der Waals surface area (Å²) in [6.45, 7) is 7.99. The molecule has 2 unspecified atom stereocenters. The second-order valence-corrected chi connectivity index (χ2v) is 7.87. The molecule has 0 spiro atoms. The Morgan fingerprint density at radius 3 is 2.50 bits per heavy atom. The van der Waals surface area contributed by atoms with Crippen molar-refractivity contribution in [1.82, 2.24) is 5.32 Å². The highest BCUT2D eigenvalue weighted by Gasteiger charge is 2.15. The van der Waals surface area contributed by atoms with Crippen molar-refractivity contribution in [2.45, 2.75) is 57.7 Å². The number of hydrogen-bond donors (Lipinski definition) is 1. The van der Waals surface area contributed by atoms with Crippen molar-refractivity contribution < 1.29 is 0 Å². The third-order valence-electron chi connectivity index (χ3n) is 4.05. The van der Waals surface area contributed by atoms with E-state index >= 15 is 0 Å². The van der Waals surface area contributed by atoms with Crippen LogP contribution in [0, 0.1) is 5.92 Å². The SMILES string of the molecule is CC(C)Cc1ccc(C(C)NCC2CCCCS2)cc1. The van der Waals surface area contributed by atoms with E-state index < -0.39 is 0 Å². The Balaban J connectivity index is 1.80.